The van der Waals surface area contributed by atoms with Gasteiger partial charge in [-0.25, -0.2) is 0 Å². The van der Waals surface area contributed by atoms with Crippen LogP contribution in [0.3, 0.4) is 0 Å². The van der Waals surface area contributed by atoms with Gasteiger partial charge in [0.15, 0.2) is 0 Å². The van der Waals surface area contributed by atoms with E-state index in [1.807, 2.05) is 0 Å². The Morgan fingerprint density at radius 2 is 1.57 bits per heavy atom. The summed E-state index contributed by atoms with van der Waals surface area (Å²) in [5.74, 6) is 0.630. The molecule has 0 radical (unpaired) electrons. The topological polar surface area (TPSA) is 29.3 Å². The first kappa shape index (κ1) is 13.1. The second-order valence-electron chi connectivity index (χ2n) is 6.48. The molecule has 0 spiro atoms. The van der Waals surface area contributed by atoms with Crippen molar-refractivity contribution in [2.45, 2.75) is 25.4 Å². The highest BCUT2D eigenvalue weighted by atomic mass is 15.2. The summed E-state index contributed by atoms with van der Waals surface area (Å²) in [7, 11) is 0. The van der Waals surface area contributed by atoms with Crippen LogP contribution in [0.5, 0.6) is 0 Å². The Morgan fingerprint density at radius 3 is 2.10 bits per heavy atom. The molecular formula is C19H22N2. The van der Waals surface area contributed by atoms with Crippen LogP contribution in [0, 0.1) is 5.92 Å². The molecular weight excluding hydrogens is 256 g/mol. The van der Waals surface area contributed by atoms with Crippen LogP contribution in [-0.4, -0.2) is 24.0 Å². The highest BCUT2D eigenvalue weighted by molar-refractivity contribution is 5.78. The van der Waals surface area contributed by atoms with Crippen molar-refractivity contribution in [2.75, 3.05) is 13.1 Å². The molecule has 0 aromatic heterocycles. The third-order valence-electron chi connectivity index (χ3n) is 5.17. The van der Waals surface area contributed by atoms with Gasteiger partial charge in [-0.05, 0) is 48.1 Å². The van der Waals surface area contributed by atoms with Crippen molar-refractivity contribution >= 4 is 0 Å². The average Bonchev–Trinajstić information content (AvgIpc) is 3.09. The van der Waals surface area contributed by atoms with Gasteiger partial charge in [-0.3, -0.25) is 4.90 Å². The van der Waals surface area contributed by atoms with Crippen molar-refractivity contribution in [3.63, 3.8) is 0 Å². The molecule has 21 heavy (non-hydrogen) atoms. The van der Waals surface area contributed by atoms with Gasteiger partial charge in [0.1, 0.15) is 0 Å². The van der Waals surface area contributed by atoms with E-state index in [0.717, 1.165) is 13.1 Å². The Balaban J connectivity index is 1.76. The summed E-state index contributed by atoms with van der Waals surface area (Å²) in [6.07, 6.45) is 1.22. The molecule has 0 bridgehead atoms. The van der Waals surface area contributed by atoms with Gasteiger partial charge in [-0.1, -0.05) is 48.5 Å². The number of likely N-dealkylation sites (tertiary alicyclic amines) is 1. The van der Waals surface area contributed by atoms with Crippen molar-refractivity contribution in [3.8, 4) is 11.1 Å². The predicted octanol–water partition coefficient (Wildman–Crippen LogP) is 3.43. The lowest BCUT2D eigenvalue weighted by Gasteiger charge is -2.26. The van der Waals surface area contributed by atoms with Crippen LogP contribution < -0.4 is 5.73 Å². The second-order valence-corrected chi connectivity index (χ2v) is 6.48. The molecule has 2 nitrogen and oxygen atoms in total. The molecule has 2 unspecified atom stereocenters. The number of hydrogen-bond acceptors (Lipinski definition) is 2. The fourth-order valence-electron chi connectivity index (χ4n) is 4.00. The zero-order chi connectivity index (χ0) is 14.4. The number of benzene rings is 2. The SMILES string of the molecule is CC(N)C1CCN(C2c3ccccc3-c3ccccc32)C1. The van der Waals surface area contributed by atoms with Gasteiger partial charge in [0.2, 0.25) is 0 Å². The standard InChI is InChI=1S/C19H22N2/c1-13(20)14-10-11-21(12-14)19-17-8-4-2-6-15(17)16-7-3-5-9-18(16)19/h2-9,13-14,19H,10-12,20H2,1H3. The number of fused-ring (bicyclic) bond motifs is 3. The number of rotatable bonds is 2. The molecule has 0 saturated carbocycles. The third-order valence-corrected chi connectivity index (χ3v) is 5.17. The number of nitrogens with two attached hydrogens (primary N) is 1. The summed E-state index contributed by atoms with van der Waals surface area (Å²) in [5.41, 5.74) is 11.9. The Morgan fingerprint density at radius 1 is 1.00 bits per heavy atom. The normalized spacial score (nSPS) is 23.0. The fourth-order valence-corrected chi connectivity index (χ4v) is 4.00. The summed E-state index contributed by atoms with van der Waals surface area (Å²) in [5, 5.41) is 0. The lowest BCUT2D eigenvalue weighted by molar-refractivity contribution is 0.268. The van der Waals surface area contributed by atoms with E-state index >= 15 is 0 Å². The minimum Gasteiger partial charge on any atom is -0.328 e. The van der Waals surface area contributed by atoms with E-state index in [4.69, 9.17) is 5.73 Å². The van der Waals surface area contributed by atoms with Crippen LogP contribution in [0.1, 0.15) is 30.5 Å². The van der Waals surface area contributed by atoms with Crippen molar-refractivity contribution in [2.24, 2.45) is 11.7 Å². The largest absolute Gasteiger partial charge is 0.328 e. The van der Waals surface area contributed by atoms with E-state index in [9.17, 15) is 0 Å². The first-order chi connectivity index (χ1) is 10.3. The summed E-state index contributed by atoms with van der Waals surface area (Å²) < 4.78 is 0. The van der Waals surface area contributed by atoms with Crippen LogP contribution in [-0.2, 0) is 0 Å². The maximum absolute atomic E-state index is 6.12. The van der Waals surface area contributed by atoms with Gasteiger partial charge in [-0.15, -0.1) is 0 Å². The monoisotopic (exact) mass is 278 g/mol. The molecule has 2 atom stereocenters. The molecule has 1 saturated heterocycles. The van der Waals surface area contributed by atoms with Crippen LogP contribution in [0.2, 0.25) is 0 Å². The lowest BCUT2D eigenvalue weighted by atomic mass is 10.0. The molecule has 2 aliphatic rings. The van der Waals surface area contributed by atoms with E-state index in [1.165, 1.54) is 28.7 Å². The number of nitrogens with zero attached hydrogens (tertiary/aromatic N) is 1. The summed E-state index contributed by atoms with van der Waals surface area (Å²) in [6, 6.07) is 18.4. The zero-order valence-electron chi connectivity index (χ0n) is 12.5. The zero-order valence-corrected chi connectivity index (χ0v) is 12.5. The molecule has 2 heteroatoms. The quantitative estimate of drug-likeness (QED) is 0.912. The predicted molar refractivity (Wildman–Crippen MR) is 87.1 cm³/mol. The molecule has 4 rings (SSSR count). The van der Waals surface area contributed by atoms with Gasteiger partial charge < -0.3 is 5.73 Å². The van der Waals surface area contributed by atoms with Gasteiger partial charge in [0, 0.05) is 12.6 Å². The smallest absolute Gasteiger partial charge is 0.0614 e. The molecule has 1 aliphatic carbocycles. The van der Waals surface area contributed by atoms with Crippen molar-refractivity contribution in [1.29, 1.82) is 0 Å². The molecule has 2 aromatic rings. The van der Waals surface area contributed by atoms with Crippen molar-refractivity contribution in [3.05, 3.63) is 59.7 Å². The van der Waals surface area contributed by atoms with E-state index in [0.29, 0.717) is 18.0 Å². The Bertz CT molecular complexity index is 617. The van der Waals surface area contributed by atoms with E-state index in [-0.39, 0.29) is 0 Å². The summed E-state index contributed by atoms with van der Waals surface area (Å²) in [6.45, 7) is 4.41. The summed E-state index contributed by atoms with van der Waals surface area (Å²) in [4.78, 5) is 2.62. The second kappa shape index (κ2) is 4.97. The Kier molecular flexibility index (Phi) is 3.09. The van der Waals surface area contributed by atoms with Gasteiger partial charge >= 0.3 is 0 Å². The van der Waals surface area contributed by atoms with Crippen LogP contribution >= 0.6 is 0 Å². The van der Waals surface area contributed by atoms with E-state index in [1.54, 1.807) is 0 Å². The van der Waals surface area contributed by atoms with Gasteiger partial charge in [-0.2, -0.15) is 0 Å². The highest BCUT2D eigenvalue weighted by Gasteiger charge is 2.36. The minimum absolute atomic E-state index is 0.293. The maximum Gasteiger partial charge on any atom is 0.0614 e. The summed E-state index contributed by atoms with van der Waals surface area (Å²) >= 11 is 0. The van der Waals surface area contributed by atoms with E-state index < -0.39 is 0 Å². The van der Waals surface area contributed by atoms with Gasteiger partial charge in [0.05, 0.1) is 6.04 Å². The molecule has 2 aromatic carbocycles. The molecule has 108 valence electrons. The maximum atomic E-state index is 6.12. The molecule has 1 aliphatic heterocycles. The van der Waals surface area contributed by atoms with Crippen LogP contribution in [0.25, 0.3) is 11.1 Å². The minimum atomic E-state index is 0.293. The third kappa shape index (κ3) is 2.02. The number of hydrogen-bond donors (Lipinski definition) is 1. The first-order valence-electron chi connectivity index (χ1n) is 7.93. The lowest BCUT2D eigenvalue weighted by Crippen LogP contribution is -2.31. The van der Waals surface area contributed by atoms with Crippen LogP contribution in [0.4, 0.5) is 0 Å². The molecule has 1 fully saturated rings. The van der Waals surface area contributed by atoms with Crippen molar-refractivity contribution in [1.82, 2.24) is 4.90 Å². The Labute approximate surface area is 126 Å². The Hall–Kier alpha value is -1.64. The fraction of sp³-hybridized carbons (Fsp3) is 0.368. The molecule has 0 amide bonds. The molecule has 2 N–H and O–H groups in total. The van der Waals surface area contributed by atoms with Crippen molar-refractivity contribution < 1.29 is 0 Å². The molecule has 1 heterocycles. The van der Waals surface area contributed by atoms with Crippen LogP contribution in [0.15, 0.2) is 48.5 Å². The first-order valence-corrected chi connectivity index (χ1v) is 7.93. The highest BCUT2D eigenvalue weighted by Crippen LogP contribution is 2.47. The van der Waals surface area contributed by atoms with Gasteiger partial charge in [0.25, 0.3) is 0 Å². The average molecular weight is 278 g/mol. The van der Waals surface area contributed by atoms with E-state index in [2.05, 4.69) is 60.4 Å².